The average molecular weight is 232 g/mol. The molecule has 1 N–H and O–H groups in total. The fourth-order valence-corrected chi connectivity index (χ4v) is 2.77. The van der Waals surface area contributed by atoms with Crippen LogP contribution >= 0.6 is 11.6 Å². The van der Waals surface area contributed by atoms with Crippen LogP contribution in [0.3, 0.4) is 0 Å². The van der Waals surface area contributed by atoms with Crippen molar-refractivity contribution >= 4 is 33.0 Å². The number of carbonyl (C=O) groups excluding carboxylic acids is 1. The van der Waals surface area contributed by atoms with Crippen molar-refractivity contribution in [2.75, 3.05) is 11.1 Å². The minimum atomic E-state index is -3.48. The first kappa shape index (κ1) is 9.48. The largest absolute Gasteiger partial charge is 0.324 e. The second-order valence-corrected chi connectivity index (χ2v) is 5.34. The van der Waals surface area contributed by atoms with Crippen molar-refractivity contribution in [3.05, 3.63) is 23.2 Å². The first-order chi connectivity index (χ1) is 6.49. The summed E-state index contributed by atoms with van der Waals surface area (Å²) in [6.07, 6.45) is 0. The van der Waals surface area contributed by atoms with Crippen molar-refractivity contribution in [2.45, 2.75) is 4.90 Å². The Morgan fingerprint density at radius 2 is 2.07 bits per heavy atom. The molecule has 1 aliphatic rings. The third-order valence-electron chi connectivity index (χ3n) is 1.87. The molecule has 2 rings (SSSR count). The zero-order chi connectivity index (χ0) is 10.3. The zero-order valence-corrected chi connectivity index (χ0v) is 8.52. The van der Waals surface area contributed by atoms with E-state index in [4.69, 9.17) is 11.6 Å². The highest BCUT2D eigenvalue weighted by Gasteiger charge is 2.28. The first-order valence-corrected chi connectivity index (χ1v) is 5.84. The van der Waals surface area contributed by atoms with Gasteiger partial charge in [-0.05, 0) is 18.2 Å². The lowest BCUT2D eigenvalue weighted by molar-refractivity contribution is -0.114. The summed E-state index contributed by atoms with van der Waals surface area (Å²) in [5.74, 6) is -1.03. The van der Waals surface area contributed by atoms with Crippen molar-refractivity contribution in [2.24, 2.45) is 0 Å². The predicted molar refractivity (Wildman–Crippen MR) is 52.1 cm³/mol. The molecule has 14 heavy (non-hydrogen) atoms. The van der Waals surface area contributed by atoms with Gasteiger partial charge in [-0.25, -0.2) is 8.42 Å². The quantitative estimate of drug-likeness (QED) is 0.726. The molecule has 0 radical (unpaired) electrons. The van der Waals surface area contributed by atoms with E-state index in [1.54, 1.807) is 0 Å². The normalized spacial score (nSPS) is 18.5. The second kappa shape index (κ2) is 2.96. The Morgan fingerprint density at radius 1 is 1.36 bits per heavy atom. The molecule has 0 bridgehead atoms. The number of nitrogens with one attached hydrogen (secondary N) is 1. The van der Waals surface area contributed by atoms with Crippen molar-refractivity contribution in [3.63, 3.8) is 0 Å². The van der Waals surface area contributed by atoms with E-state index in [2.05, 4.69) is 5.32 Å². The molecule has 1 heterocycles. The summed E-state index contributed by atoms with van der Waals surface area (Å²) in [4.78, 5) is 11.1. The van der Waals surface area contributed by atoms with Gasteiger partial charge in [-0.2, -0.15) is 0 Å². The topological polar surface area (TPSA) is 63.2 Å². The fourth-order valence-electron chi connectivity index (χ4n) is 1.31. The average Bonchev–Trinajstić information content (AvgIpc) is 2.00. The summed E-state index contributed by atoms with van der Waals surface area (Å²) in [5.41, 5.74) is 0.258. The molecule has 6 heteroatoms. The number of halogens is 1. The molecule has 0 aliphatic carbocycles. The number of amides is 1. The Labute approximate surface area is 85.8 Å². The lowest BCUT2D eigenvalue weighted by atomic mass is 10.3. The lowest BCUT2D eigenvalue weighted by Gasteiger charge is -2.16. The highest BCUT2D eigenvalue weighted by molar-refractivity contribution is 7.92. The highest BCUT2D eigenvalue weighted by Crippen LogP contribution is 2.28. The third kappa shape index (κ3) is 1.49. The smallest absolute Gasteiger partial charge is 0.239 e. The molecule has 1 amide bonds. The van der Waals surface area contributed by atoms with E-state index < -0.39 is 21.5 Å². The predicted octanol–water partition coefficient (Wildman–Crippen LogP) is 1.07. The van der Waals surface area contributed by atoms with Crippen LogP contribution in [0.1, 0.15) is 0 Å². The number of hydrogen-bond donors (Lipinski definition) is 1. The highest BCUT2D eigenvalue weighted by atomic mass is 35.5. The van der Waals surface area contributed by atoms with E-state index in [9.17, 15) is 13.2 Å². The van der Waals surface area contributed by atoms with Gasteiger partial charge in [0.25, 0.3) is 0 Å². The molecule has 0 unspecified atom stereocenters. The molecule has 1 aromatic carbocycles. The van der Waals surface area contributed by atoms with Crippen LogP contribution in [-0.2, 0) is 14.6 Å². The Morgan fingerprint density at radius 3 is 2.79 bits per heavy atom. The van der Waals surface area contributed by atoms with Crippen LogP contribution in [0.2, 0.25) is 5.02 Å². The van der Waals surface area contributed by atoms with Crippen LogP contribution in [-0.4, -0.2) is 20.1 Å². The number of benzene rings is 1. The summed E-state index contributed by atoms with van der Waals surface area (Å²) in [6, 6.07) is 4.30. The molecule has 0 fully saturated rings. The van der Waals surface area contributed by atoms with Gasteiger partial charge < -0.3 is 5.32 Å². The molecule has 1 aromatic rings. The van der Waals surface area contributed by atoms with E-state index in [1.807, 2.05) is 0 Å². The maximum Gasteiger partial charge on any atom is 0.239 e. The Kier molecular flexibility index (Phi) is 2.01. The maximum absolute atomic E-state index is 11.5. The van der Waals surface area contributed by atoms with E-state index in [-0.39, 0.29) is 10.6 Å². The summed E-state index contributed by atoms with van der Waals surface area (Å²) in [6.45, 7) is 0. The number of hydrogen-bond acceptors (Lipinski definition) is 3. The van der Waals surface area contributed by atoms with Gasteiger partial charge in [0.15, 0.2) is 9.84 Å². The van der Waals surface area contributed by atoms with Crippen molar-refractivity contribution in [1.82, 2.24) is 0 Å². The Balaban J connectivity index is 2.69. The molecule has 4 nitrogen and oxygen atoms in total. The van der Waals surface area contributed by atoms with Gasteiger partial charge in [0, 0.05) is 5.02 Å². The van der Waals surface area contributed by atoms with E-state index in [0.717, 1.165) is 0 Å². The minimum absolute atomic E-state index is 0.126. The van der Waals surface area contributed by atoms with Crippen molar-refractivity contribution < 1.29 is 13.2 Å². The van der Waals surface area contributed by atoms with Crippen LogP contribution in [0.15, 0.2) is 23.1 Å². The van der Waals surface area contributed by atoms with Crippen LogP contribution in [0.5, 0.6) is 0 Å². The number of rotatable bonds is 0. The van der Waals surface area contributed by atoms with Crippen LogP contribution < -0.4 is 5.32 Å². The van der Waals surface area contributed by atoms with E-state index in [0.29, 0.717) is 5.02 Å². The Bertz CT molecular complexity index is 509. The van der Waals surface area contributed by atoms with Gasteiger partial charge in [-0.3, -0.25) is 4.79 Å². The van der Waals surface area contributed by atoms with E-state index >= 15 is 0 Å². The summed E-state index contributed by atoms with van der Waals surface area (Å²) in [5, 5.41) is 2.84. The number of anilines is 1. The monoisotopic (exact) mass is 231 g/mol. The molecule has 0 saturated carbocycles. The number of fused-ring (bicyclic) bond motifs is 1. The van der Waals surface area contributed by atoms with Crippen molar-refractivity contribution in [1.29, 1.82) is 0 Å². The van der Waals surface area contributed by atoms with Crippen LogP contribution in [0.25, 0.3) is 0 Å². The summed E-state index contributed by atoms with van der Waals surface area (Å²) in [7, 11) is -3.48. The SMILES string of the molecule is O=C1CS(=O)(=O)c2ccc(Cl)cc2N1. The second-order valence-electron chi connectivity index (χ2n) is 2.95. The molecule has 0 aromatic heterocycles. The summed E-state index contributed by atoms with van der Waals surface area (Å²) >= 11 is 5.67. The maximum atomic E-state index is 11.5. The summed E-state index contributed by atoms with van der Waals surface area (Å²) < 4.78 is 23.0. The zero-order valence-electron chi connectivity index (χ0n) is 6.95. The van der Waals surface area contributed by atoms with Gasteiger partial charge in [0.2, 0.25) is 5.91 Å². The molecule has 1 aliphatic heterocycles. The molecular formula is C8H6ClNO3S. The first-order valence-electron chi connectivity index (χ1n) is 3.81. The number of carbonyl (C=O) groups is 1. The third-order valence-corrected chi connectivity index (χ3v) is 3.78. The van der Waals surface area contributed by atoms with Gasteiger partial charge in [0.05, 0.1) is 10.6 Å². The van der Waals surface area contributed by atoms with Gasteiger partial charge in [-0.1, -0.05) is 11.6 Å². The number of sulfone groups is 1. The standard InChI is InChI=1S/C8H6ClNO3S/c9-5-1-2-7-6(3-5)10-8(11)4-14(7,12)13/h1-3H,4H2,(H,10,11). The van der Waals surface area contributed by atoms with Gasteiger partial charge in [-0.15, -0.1) is 0 Å². The lowest BCUT2D eigenvalue weighted by Crippen LogP contribution is -2.29. The minimum Gasteiger partial charge on any atom is -0.324 e. The molecule has 0 atom stereocenters. The van der Waals surface area contributed by atoms with Crippen molar-refractivity contribution in [3.8, 4) is 0 Å². The molecule has 0 saturated heterocycles. The van der Waals surface area contributed by atoms with Crippen LogP contribution in [0.4, 0.5) is 5.69 Å². The fraction of sp³-hybridized carbons (Fsp3) is 0.125. The van der Waals surface area contributed by atoms with E-state index in [1.165, 1.54) is 18.2 Å². The molecule has 0 spiro atoms. The van der Waals surface area contributed by atoms with Gasteiger partial charge >= 0.3 is 0 Å². The van der Waals surface area contributed by atoms with Crippen LogP contribution in [0, 0.1) is 0 Å². The Hall–Kier alpha value is -1.07. The molecular weight excluding hydrogens is 226 g/mol. The van der Waals surface area contributed by atoms with Gasteiger partial charge in [0.1, 0.15) is 5.75 Å². The molecule has 74 valence electrons.